The summed E-state index contributed by atoms with van der Waals surface area (Å²) in [6, 6.07) is 8.63. The van der Waals surface area contributed by atoms with Crippen molar-refractivity contribution in [2.75, 3.05) is 64.6 Å². The molecule has 0 aromatic heterocycles. The predicted octanol–water partition coefficient (Wildman–Crippen LogP) is 5.12. The molecule has 0 radical (unpaired) electrons. The summed E-state index contributed by atoms with van der Waals surface area (Å²) < 4.78 is 22.2. The summed E-state index contributed by atoms with van der Waals surface area (Å²) >= 11 is 6.05. The summed E-state index contributed by atoms with van der Waals surface area (Å²) in [4.78, 5) is 2.97. The number of likely N-dealkylation sites (N-methyl/N-ethyl adjacent to an activating group) is 1. The molecule has 0 amide bonds. The molecular formula is C25H39N4O2PS. The highest BCUT2D eigenvalue weighted by molar-refractivity contribution is 7.81. The summed E-state index contributed by atoms with van der Waals surface area (Å²) in [7, 11) is -0.0145. The highest BCUT2D eigenvalue weighted by atomic mass is 32.1. The van der Waals surface area contributed by atoms with Crippen molar-refractivity contribution in [3.05, 3.63) is 41.6 Å². The van der Waals surface area contributed by atoms with Gasteiger partial charge in [-0.1, -0.05) is 65.0 Å². The minimum atomic E-state index is -2.15. The Labute approximate surface area is 205 Å². The van der Waals surface area contributed by atoms with Crippen molar-refractivity contribution >= 4 is 30.2 Å². The molecule has 1 aromatic carbocycles. The second-order valence-electron chi connectivity index (χ2n) is 10.5. The topological polar surface area (TPSA) is 40.5 Å². The molecular weight excluding hydrogens is 451 g/mol. The fourth-order valence-electron chi connectivity index (χ4n) is 5.51. The number of anilines is 1. The Morgan fingerprint density at radius 2 is 1.52 bits per heavy atom. The van der Waals surface area contributed by atoms with Crippen molar-refractivity contribution in [1.82, 2.24) is 9.34 Å². The third-order valence-electron chi connectivity index (χ3n) is 7.10. The molecule has 3 heterocycles. The maximum Gasteiger partial charge on any atom is 0.129 e. The molecule has 0 aliphatic carbocycles. The lowest BCUT2D eigenvalue weighted by Gasteiger charge is -2.52. The van der Waals surface area contributed by atoms with Crippen molar-refractivity contribution in [3.63, 3.8) is 0 Å². The highest BCUT2D eigenvalue weighted by Crippen LogP contribution is 2.66. The van der Waals surface area contributed by atoms with Gasteiger partial charge in [0.05, 0.1) is 26.4 Å². The number of rotatable bonds is 3. The van der Waals surface area contributed by atoms with Gasteiger partial charge in [-0.3, -0.25) is 9.34 Å². The van der Waals surface area contributed by atoms with Crippen LogP contribution in [-0.4, -0.2) is 79.1 Å². The normalized spacial score (nSPS) is 23.6. The molecule has 0 N–H and O–H groups in total. The number of hydrogen-bond donors (Lipinski definition) is 0. The lowest BCUT2D eigenvalue weighted by molar-refractivity contribution is 0.0551. The van der Waals surface area contributed by atoms with Crippen molar-refractivity contribution < 1.29 is 9.47 Å². The van der Waals surface area contributed by atoms with E-state index in [0.717, 1.165) is 52.6 Å². The minimum Gasteiger partial charge on any atom is -0.379 e. The van der Waals surface area contributed by atoms with E-state index in [1.165, 1.54) is 16.9 Å². The number of hydrogen-bond acceptors (Lipinski definition) is 4. The van der Waals surface area contributed by atoms with Gasteiger partial charge in [-0.15, -0.1) is 0 Å². The summed E-state index contributed by atoms with van der Waals surface area (Å²) in [6.07, 6.45) is 2.15. The minimum absolute atomic E-state index is 0.0513. The molecule has 6 nitrogen and oxygen atoms in total. The number of ether oxygens (including phenoxy) is 2. The lowest BCUT2D eigenvalue weighted by atomic mass is 9.84. The third kappa shape index (κ3) is 4.49. The van der Waals surface area contributed by atoms with Gasteiger partial charge < -0.3 is 14.4 Å². The van der Waals surface area contributed by atoms with Crippen molar-refractivity contribution in [2.45, 2.75) is 45.2 Å². The van der Waals surface area contributed by atoms with Crippen molar-refractivity contribution in [3.8, 4) is 0 Å². The quantitative estimate of drug-likeness (QED) is 0.333. The van der Waals surface area contributed by atoms with E-state index < -0.39 is 7.36 Å². The Kier molecular flexibility index (Phi) is 7.22. The van der Waals surface area contributed by atoms with E-state index in [1.54, 1.807) is 0 Å². The van der Waals surface area contributed by atoms with E-state index in [2.05, 4.69) is 86.2 Å². The van der Waals surface area contributed by atoms with Crippen LogP contribution in [0.2, 0.25) is 0 Å². The maximum atomic E-state index is 6.05. The first-order chi connectivity index (χ1) is 15.6. The molecule has 2 saturated heterocycles. The van der Waals surface area contributed by atoms with E-state index in [1.807, 2.05) is 0 Å². The van der Waals surface area contributed by atoms with E-state index in [-0.39, 0.29) is 10.6 Å². The van der Waals surface area contributed by atoms with Gasteiger partial charge in [0.1, 0.15) is 12.3 Å². The summed E-state index contributed by atoms with van der Waals surface area (Å²) in [6.45, 7) is 18.1. The van der Waals surface area contributed by atoms with Crippen LogP contribution in [0.1, 0.15) is 40.2 Å². The van der Waals surface area contributed by atoms with E-state index >= 15 is 0 Å². The molecule has 8 heteroatoms. The first kappa shape index (κ1) is 25.0. The number of para-hydroxylation sites is 1. The molecule has 0 spiro atoms. The Bertz CT molecular complexity index is 951. The van der Waals surface area contributed by atoms with Crippen LogP contribution in [0.4, 0.5) is 5.69 Å². The van der Waals surface area contributed by atoms with Gasteiger partial charge >= 0.3 is 0 Å². The summed E-state index contributed by atoms with van der Waals surface area (Å²) in [5.41, 5.74) is 3.66. The van der Waals surface area contributed by atoms with Gasteiger partial charge in [0.15, 0.2) is 0 Å². The number of fused-ring (bicyclic) bond motifs is 1. The zero-order valence-electron chi connectivity index (χ0n) is 21.0. The molecule has 0 saturated carbocycles. The number of thiocarbonyl (C=S) groups is 1. The first-order valence-electron chi connectivity index (χ1n) is 12.0. The van der Waals surface area contributed by atoms with Gasteiger partial charge in [0.25, 0.3) is 0 Å². The molecule has 182 valence electrons. The van der Waals surface area contributed by atoms with E-state index in [0.29, 0.717) is 4.99 Å². The fraction of sp³-hybridized carbons (Fsp3) is 0.640. The van der Waals surface area contributed by atoms with Gasteiger partial charge in [-0.05, 0) is 17.7 Å². The number of allylic oxidation sites excluding steroid dienone is 1. The molecule has 1 aromatic rings. The standard InChI is InChI=1S/C25H39N4O2PS/c1-24(2,3)32(28-11-15-30-16-12-28,29-13-17-31-18-14-29)26-23(33)19-22-25(4,5)20-9-7-8-10-21(20)27(22)6/h7-10,19H,11-18H2,1-6H3. The van der Waals surface area contributed by atoms with Crippen LogP contribution in [0, 0.1) is 0 Å². The number of benzene rings is 1. The molecule has 4 rings (SSSR count). The van der Waals surface area contributed by atoms with Crippen LogP contribution < -0.4 is 4.90 Å². The maximum absolute atomic E-state index is 6.05. The second-order valence-corrected chi connectivity index (χ2v) is 14.8. The van der Waals surface area contributed by atoms with E-state index in [9.17, 15) is 0 Å². The Morgan fingerprint density at radius 1 is 1.00 bits per heavy atom. The smallest absolute Gasteiger partial charge is 0.129 e. The van der Waals surface area contributed by atoms with Gasteiger partial charge in [0.2, 0.25) is 0 Å². The zero-order chi connectivity index (χ0) is 23.9. The Hall–Kier alpha value is -1.08. The van der Waals surface area contributed by atoms with Gasteiger partial charge in [-0.25, -0.2) is 4.74 Å². The largest absolute Gasteiger partial charge is 0.379 e. The first-order valence-corrected chi connectivity index (χ1v) is 14.0. The molecule has 3 aliphatic heterocycles. The average molecular weight is 491 g/mol. The molecule has 2 fully saturated rings. The molecule has 0 bridgehead atoms. The zero-order valence-corrected chi connectivity index (χ0v) is 22.7. The number of nitrogens with zero attached hydrogens (tertiary/aromatic N) is 4. The summed E-state index contributed by atoms with van der Waals surface area (Å²) in [5.74, 6) is 0. The van der Waals surface area contributed by atoms with Crippen LogP contribution in [0.5, 0.6) is 0 Å². The van der Waals surface area contributed by atoms with Gasteiger partial charge in [0, 0.05) is 55.2 Å². The predicted molar refractivity (Wildman–Crippen MR) is 142 cm³/mol. The Morgan fingerprint density at radius 3 is 2.00 bits per heavy atom. The van der Waals surface area contributed by atoms with Gasteiger partial charge in [-0.2, -0.15) is 0 Å². The highest BCUT2D eigenvalue weighted by Gasteiger charge is 2.46. The average Bonchev–Trinajstić information content (AvgIpc) is 2.98. The van der Waals surface area contributed by atoms with Crippen LogP contribution in [0.25, 0.3) is 0 Å². The molecule has 3 aliphatic rings. The molecule has 33 heavy (non-hydrogen) atoms. The summed E-state index contributed by atoms with van der Waals surface area (Å²) in [5, 5.41) is -0.0513. The van der Waals surface area contributed by atoms with Crippen molar-refractivity contribution in [1.29, 1.82) is 0 Å². The van der Waals surface area contributed by atoms with Crippen molar-refractivity contribution in [2.24, 2.45) is 4.74 Å². The molecule has 0 unspecified atom stereocenters. The SMILES string of the molecule is CN1C(=CC(=S)N=P(N2CCOCC2)(N2CCOCC2)C(C)(C)C)C(C)(C)c2ccccc21. The Balaban J connectivity index is 1.81. The van der Waals surface area contributed by atoms with Crippen LogP contribution >= 0.6 is 19.6 Å². The molecule has 0 atom stereocenters. The number of morpholine rings is 2. The van der Waals surface area contributed by atoms with E-state index in [4.69, 9.17) is 26.4 Å². The third-order valence-corrected chi connectivity index (χ3v) is 12.1. The second kappa shape index (κ2) is 9.52. The van der Waals surface area contributed by atoms with Crippen LogP contribution in [-0.2, 0) is 14.9 Å². The van der Waals surface area contributed by atoms with Crippen LogP contribution in [0.15, 0.2) is 40.8 Å². The van der Waals surface area contributed by atoms with Crippen LogP contribution in [0.3, 0.4) is 0 Å². The fourth-order valence-corrected chi connectivity index (χ4v) is 10.3. The lowest BCUT2D eigenvalue weighted by Crippen LogP contribution is -2.48. The monoisotopic (exact) mass is 490 g/mol.